The first kappa shape index (κ1) is 11.8. The van der Waals surface area contributed by atoms with Gasteiger partial charge in [-0.3, -0.25) is 15.6 Å². The first-order valence-electron chi connectivity index (χ1n) is 5.45. The highest BCUT2D eigenvalue weighted by Crippen LogP contribution is 2.19. The molecule has 1 unspecified atom stereocenters. The van der Waals surface area contributed by atoms with Gasteiger partial charge in [-0.2, -0.15) is 0 Å². The summed E-state index contributed by atoms with van der Waals surface area (Å²) in [7, 11) is 0. The molecule has 0 radical (unpaired) electrons. The second-order valence-corrected chi connectivity index (χ2v) is 4.38. The van der Waals surface area contributed by atoms with Crippen LogP contribution < -0.4 is 16.6 Å². The van der Waals surface area contributed by atoms with Crippen LogP contribution in [0.4, 0.5) is 5.69 Å². The van der Waals surface area contributed by atoms with Gasteiger partial charge in [0, 0.05) is 19.0 Å². The van der Waals surface area contributed by atoms with E-state index in [0.29, 0.717) is 24.5 Å². The van der Waals surface area contributed by atoms with Crippen LogP contribution in [0.2, 0.25) is 0 Å². The average molecular weight is 236 g/mol. The number of hydrazine groups is 1. The van der Waals surface area contributed by atoms with E-state index in [0.717, 1.165) is 6.42 Å². The van der Waals surface area contributed by atoms with E-state index in [1.54, 1.807) is 12.3 Å². The maximum atomic E-state index is 12.1. The number of anilines is 1. The number of hydrogen-bond acceptors (Lipinski definition) is 5. The van der Waals surface area contributed by atoms with Crippen molar-refractivity contribution in [2.45, 2.75) is 18.9 Å². The number of carbonyl (C=O) groups is 1. The molecule has 6 nitrogen and oxygen atoms in total. The van der Waals surface area contributed by atoms with Crippen molar-refractivity contribution in [2.75, 3.05) is 18.6 Å². The van der Waals surface area contributed by atoms with E-state index in [1.165, 1.54) is 6.20 Å². The lowest BCUT2D eigenvalue weighted by Gasteiger charge is -2.23. The third-order valence-electron chi connectivity index (χ3n) is 2.86. The fourth-order valence-corrected chi connectivity index (χ4v) is 1.81. The van der Waals surface area contributed by atoms with Crippen molar-refractivity contribution in [3.63, 3.8) is 0 Å². The molecule has 2 heterocycles. The van der Waals surface area contributed by atoms with Crippen molar-refractivity contribution in [1.29, 1.82) is 0 Å². The number of nitrogens with two attached hydrogens (primary N) is 1. The van der Waals surface area contributed by atoms with E-state index < -0.39 is 0 Å². The van der Waals surface area contributed by atoms with Crippen LogP contribution in [-0.4, -0.2) is 29.6 Å². The molecule has 1 amide bonds. The molecule has 6 heteroatoms. The Morgan fingerprint density at radius 3 is 3.12 bits per heavy atom. The van der Waals surface area contributed by atoms with Gasteiger partial charge in [-0.25, -0.2) is 0 Å². The molecule has 1 saturated heterocycles. The predicted octanol–water partition coefficient (Wildman–Crippen LogP) is 0.276. The molecule has 1 aliphatic rings. The van der Waals surface area contributed by atoms with Crippen molar-refractivity contribution in [3.05, 3.63) is 24.0 Å². The van der Waals surface area contributed by atoms with Gasteiger partial charge in [-0.1, -0.05) is 0 Å². The van der Waals surface area contributed by atoms with E-state index in [9.17, 15) is 4.79 Å². The Morgan fingerprint density at radius 1 is 1.65 bits per heavy atom. The average Bonchev–Trinajstić information content (AvgIpc) is 2.75. The Balaban J connectivity index is 2.14. The summed E-state index contributed by atoms with van der Waals surface area (Å²) in [5.41, 5.74) is 3.16. The number of nitrogens with zero attached hydrogens (tertiary/aromatic N) is 1. The Bertz CT molecular complexity index is 416. The number of nitrogens with one attached hydrogen (secondary N) is 2. The molecule has 92 valence electrons. The van der Waals surface area contributed by atoms with Gasteiger partial charge in [-0.05, 0) is 19.4 Å². The first-order chi connectivity index (χ1) is 8.14. The fraction of sp³-hybridized carbons (Fsp3) is 0.455. The van der Waals surface area contributed by atoms with Crippen LogP contribution in [0.1, 0.15) is 23.7 Å². The monoisotopic (exact) mass is 236 g/mol. The largest absolute Gasteiger partial charge is 0.379 e. The number of aromatic nitrogens is 1. The van der Waals surface area contributed by atoms with Crippen LogP contribution in [-0.2, 0) is 4.74 Å². The Kier molecular flexibility index (Phi) is 3.26. The van der Waals surface area contributed by atoms with Gasteiger partial charge >= 0.3 is 0 Å². The van der Waals surface area contributed by atoms with E-state index in [2.05, 4.69) is 15.7 Å². The summed E-state index contributed by atoms with van der Waals surface area (Å²) in [5, 5.41) is 2.95. The zero-order valence-electron chi connectivity index (χ0n) is 9.69. The maximum Gasteiger partial charge on any atom is 0.255 e. The van der Waals surface area contributed by atoms with E-state index >= 15 is 0 Å². The molecule has 1 atom stereocenters. The number of hydrogen-bond donors (Lipinski definition) is 3. The van der Waals surface area contributed by atoms with Gasteiger partial charge < -0.3 is 15.5 Å². The van der Waals surface area contributed by atoms with Crippen molar-refractivity contribution < 1.29 is 9.53 Å². The van der Waals surface area contributed by atoms with Crippen LogP contribution in [0.25, 0.3) is 0 Å². The molecule has 17 heavy (non-hydrogen) atoms. The van der Waals surface area contributed by atoms with Crippen LogP contribution >= 0.6 is 0 Å². The van der Waals surface area contributed by atoms with Crippen LogP contribution in [0, 0.1) is 0 Å². The number of nitrogen functional groups attached to an aromatic ring is 1. The van der Waals surface area contributed by atoms with Gasteiger partial charge in [0.2, 0.25) is 0 Å². The second kappa shape index (κ2) is 4.68. The van der Waals surface area contributed by atoms with Gasteiger partial charge in [0.05, 0.1) is 23.4 Å². The van der Waals surface area contributed by atoms with Crippen molar-refractivity contribution >= 4 is 11.6 Å². The number of rotatable bonds is 3. The Morgan fingerprint density at radius 2 is 2.47 bits per heavy atom. The SMILES string of the molecule is CC1(NC(=O)c2cnccc2NN)CCOC1. The van der Waals surface area contributed by atoms with Crippen molar-refractivity contribution in [3.8, 4) is 0 Å². The summed E-state index contributed by atoms with van der Waals surface area (Å²) < 4.78 is 5.28. The Hall–Kier alpha value is -1.66. The molecule has 0 bridgehead atoms. The summed E-state index contributed by atoms with van der Waals surface area (Å²) in [6.07, 6.45) is 3.88. The lowest BCUT2D eigenvalue weighted by atomic mass is 10.0. The summed E-state index contributed by atoms with van der Waals surface area (Å²) in [4.78, 5) is 16.0. The molecule has 1 aromatic rings. The van der Waals surface area contributed by atoms with Gasteiger partial charge in [-0.15, -0.1) is 0 Å². The number of ether oxygens (including phenoxy) is 1. The fourth-order valence-electron chi connectivity index (χ4n) is 1.81. The number of pyridine rings is 1. The molecule has 0 saturated carbocycles. The van der Waals surface area contributed by atoms with Crippen LogP contribution in [0.15, 0.2) is 18.5 Å². The Labute approximate surface area is 99.5 Å². The lowest BCUT2D eigenvalue weighted by Crippen LogP contribution is -2.46. The normalized spacial score (nSPS) is 23.4. The minimum atomic E-state index is -0.307. The van der Waals surface area contributed by atoms with Crippen molar-refractivity contribution in [1.82, 2.24) is 10.3 Å². The van der Waals surface area contributed by atoms with E-state index in [-0.39, 0.29) is 11.4 Å². The third-order valence-corrected chi connectivity index (χ3v) is 2.86. The van der Waals surface area contributed by atoms with E-state index in [4.69, 9.17) is 10.6 Å². The minimum Gasteiger partial charge on any atom is -0.379 e. The molecule has 1 aliphatic heterocycles. The van der Waals surface area contributed by atoms with E-state index in [1.807, 2.05) is 6.92 Å². The maximum absolute atomic E-state index is 12.1. The van der Waals surface area contributed by atoms with Gasteiger partial charge in [0.15, 0.2) is 0 Å². The summed E-state index contributed by atoms with van der Waals surface area (Å²) in [6, 6.07) is 1.66. The van der Waals surface area contributed by atoms with Crippen LogP contribution in [0.3, 0.4) is 0 Å². The quantitative estimate of drug-likeness (QED) is 0.518. The minimum absolute atomic E-state index is 0.195. The molecule has 2 rings (SSSR count). The zero-order valence-corrected chi connectivity index (χ0v) is 9.69. The van der Waals surface area contributed by atoms with Crippen molar-refractivity contribution in [2.24, 2.45) is 5.84 Å². The third kappa shape index (κ3) is 2.54. The topological polar surface area (TPSA) is 89.3 Å². The molecule has 1 fully saturated rings. The summed E-state index contributed by atoms with van der Waals surface area (Å²) >= 11 is 0. The highest BCUT2D eigenvalue weighted by molar-refractivity contribution is 5.99. The molecule has 0 aromatic carbocycles. The first-order valence-corrected chi connectivity index (χ1v) is 5.45. The lowest BCUT2D eigenvalue weighted by molar-refractivity contribution is 0.0890. The molecule has 4 N–H and O–H groups in total. The summed E-state index contributed by atoms with van der Waals surface area (Å²) in [6.45, 7) is 3.17. The van der Waals surface area contributed by atoms with Gasteiger partial charge in [0.1, 0.15) is 0 Å². The molecule has 0 aliphatic carbocycles. The number of carbonyl (C=O) groups excluding carboxylic acids is 1. The molecular weight excluding hydrogens is 220 g/mol. The zero-order chi connectivity index (χ0) is 12.3. The standard InChI is InChI=1S/C11H16N4O2/c1-11(3-5-17-7-11)14-10(16)8-6-13-4-2-9(8)15-12/h2,4,6H,3,5,7,12H2,1H3,(H,13,15)(H,14,16). The highest BCUT2D eigenvalue weighted by atomic mass is 16.5. The molecule has 1 aromatic heterocycles. The summed E-state index contributed by atoms with van der Waals surface area (Å²) in [5.74, 6) is 5.15. The van der Waals surface area contributed by atoms with Gasteiger partial charge in [0.25, 0.3) is 5.91 Å². The second-order valence-electron chi connectivity index (χ2n) is 4.38. The molecular formula is C11H16N4O2. The smallest absolute Gasteiger partial charge is 0.255 e. The molecule has 0 spiro atoms. The number of amides is 1. The van der Waals surface area contributed by atoms with Crippen LogP contribution in [0.5, 0.6) is 0 Å². The highest BCUT2D eigenvalue weighted by Gasteiger charge is 2.32. The predicted molar refractivity (Wildman–Crippen MR) is 63.4 cm³/mol.